The van der Waals surface area contributed by atoms with Crippen LogP contribution in [0, 0.1) is 0 Å². The minimum absolute atomic E-state index is 0.454. The van der Waals surface area contributed by atoms with Gasteiger partial charge in [0.2, 0.25) is 0 Å². The van der Waals surface area contributed by atoms with Crippen molar-refractivity contribution in [3.63, 3.8) is 0 Å². The van der Waals surface area contributed by atoms with Gasteiger partial charge in [-0.2, -0.15) is 0 Å². The molecule has 1 atom stereocenters. The second-order valence-electron chi connectivity index (χ2n) is 4.65. The first kappa shape index (κ1) is 12.7. The maximum absolute atomic E-state index is 10.3. The molecular weight excluding hydrogens is 252 g/mol. The van der Waals surface area contributed by atoms with E-state index in [0.29, 0.717) is 12.0 Å². The number of imidazole rings is 1. The number of aliphatic hydroxyl groups excluding tert-OH is 1. The molecule has 0 saturated carbocycles. The van der Waals surface area contributed by atoms with E-state index in [1.54, 1.807) is 12.4 Å². The Balaban J connectivity index is 1.94. The zero-order valence-electron chi connectivity index (χ0n) is 11.3. The molecule has 1 aromatic carbocycles. The fourth-order valence-electron chi connectivity index (χ4n) is 2.41. The van der Waals surface area contributed by atoms with Crippen molar-refractivity contribution < 1.29 is 5.11 Å². The van der Waals surface area contributed by atoms with Crippen molar-refractivity contribution >= 4 is 11.0 Å². The Hall–Kier alpha value is -2.27. The lowest BCUT2D eigenvalue weighted by molar-refractivity contribution is 0.174. The van der Waals surface area contributed by atoms with Crippen LogP contribution >= 0.6 is 0 Å². The van der Waals surface area contributed by atoms with Crippen molar-refractivity contribution in [2.75, 3.05) is 0 Å². The largest absolute Gasteiger partial charge is 0.388 e. The summed E-state index contributed by atoms with van der Waals surface area (Å²) >= 11 is 0. The van der Waals surface area contributed by atoms with Crippen molar-refractivity contribution in [1.82, 2.24) is 19.5 Å². The number of hydrogen-bond acceptors (Lipinski definition) is 4. The van der Waals surface area contributed by atoms with Crippen LogP contribution in [0.4, 0.5) is 0 Å². The number of nitrogens with zero attached hydrogens (tertiary/aromatic N) is 4. The van der Waals surface area contributed by atoms with Gasteiger partial charge in [0.05, 0.1) is 17.1 Å². The first-order valence-electron chi connectivity index (χ1n) is 6.66. The third kappa shape index (κ3) is 2.28. The van der Waals surface area contributed by atoms with Gasteiger partial charge < -0.3 is 9.67 Å². The van der Waals surface area contributed by atoms with E-state index in [1.807, 2.05) is 24.3 Å². The summed E-state index contributed by atoms with van der Waals surface area (Å²) in [6, 6.07) is 8.01. The first-order valence-corrected chi connectivity index (χ1v) is 6.66. The lowest BCUT2D eigenvalue weighted by Crippen LogP contribution is -2.09. The molecule has 5 heteroatoms. The summed E-state index contributed by atoms with van der Waals surface area (Å²) in [5.74, 6) is 0.880. The van der Waals surface area contributed by atoms with Crippen LogP contribution in [0.5, 0.6) is 0 Å². The smallest absolute Gasteiger partial charge is 0.115 e. The van der Waals surface area contributed by atoms with E-state index in [0.717, 1.165) is 23.4 Å². The minimum atomic E-state index is -0.640. The van der Waals surface area contributed by atoms with Crippen LogP contribution in [0.3, 0.4) is 0 Å². The maximum atomic E-state index is 10.3. The molecule has 102 valence electrons. The quantitative estimate of drug-likeness (QED) is 0.787. The van der Waals surface area contributed by atoms with Gasteiger partial charge in [-0.1, -0.05) is 12.1 Å². The molecule has 0 bridgehead atoms. The van der Waals surface area contributed by atoms with Crippen LogP contribution in [0.2, 0.25) is 0 Å². The number of aryl methyl sites for hydroxylation is 1. The van der Waals surface area contributed by atoms with Crippen molar-refractivity contribution in [1.29, 1.82) is 0 Å². The number of fused-ring (bicyclic) bond motifs is 1. The Labute approximate surface area is 117 Å². The van der Waals surface area contributed by atoms with E-state index < -0.39 is 6.10 Å². The van der Waals surface area contributed by atoms with Crippen LogP contribution < -0.4 is 0 Å². The van der Waals surface area contributed by atoms with Gasteiger partial charge in [-0.3, -0.25) is 0 Å². The van der Waals surface area contributed by atoms with E-state index in [9.17, 15) is 5.11 Å². The number of rotatable bonds is 4. The van der Waals surface area contributed by atoms with Gasteiger partial charge in [0, 0.05) is 30.9 Å². The first-order chi connectivity index (χ1) is 9.79. The molecule has 1 N–H and O–H groups in total. The Morgan fingerprint density at radius 2 is 1.95 bits per heavy atom. The Bertz CT molecular complexity index is 708. The van der Waals surface area contributed by atoms with Crippen molar-refractivity contribution in [2.45, 2.75) is 26.0 Å². The van der Waals surface area contributed by atoms with Gasteiger partial charge in [-0.15, -0.1) is 0 Å². The Morgan fingerprint density at radius 3 is 2.70 bits per heavy atom. The molecule has 0 aliphatic rings. The van der Waals surface area contributed by atoms with Crippen LogP contribution in [0.1, 0.15) is 24.4 Å². The summed E-state index contributed by atoms with van der Waals surface area (Å²) in [5, 5.41) is 10.3. The number of aromatic nitrogens is 4. The summed E-state index contributed by atoms with van der Waals surface area (Å²) < 4.78 is 2.13. The minimum Gasteiger partial charge on any atom is -0.388 e. The molecule has 5 nitrogen and oxygen atoms in total. The van der Waals surface area contributed by atoms with E-state index in [1.165, 1.54) is 6.33 Å². The molecule has 3 rings (SSSR count). The van der Waals surface area contributed by atoms with Crippen LogP contribution in [0.15, 0.2) is 43.0 Å². The van der Waals surface area contributed by atoms with Gasteiger partial charge in [0.15, 0.2) is 0 Å². The van der Waals surface area contributed by atoms with E-state index >= 15 is 0 Å². The average Bonchev–Trinajstić information content (AvgIpc) is 2.85. The predicted octanol–water partition coefficient (Wildman–Crippen LogP) is 2.12. The SMILES string of the molecule is CCn1c(CC(O)c2cncnc2)nc2ccccc21. The van der Waals surface area contributed by atoms with Crippen molar-refractivity contribution in [3.05, 3.63) is 54.4 Å². The molecule has 0 aliphatic carbocycles. The van der Waals surface area contributed by atoms with Gasteiger partial charge in [0.1, 0.15) is 12.2 Å². The van der Waals surface area contributed by atoms with Gasteiger partial charge in [-0.05, 0) is 19.1 Å². The number of hydrogen-bond donors (Lipinski definition) is 1. The normalized spacial score (nSPS) is 12.7. The highest BCUT2D eigenvalue weighted by atomic mass is 16.3. The summed E-state index contributed by atoms with van der Waals surface area (Å²) in [6.45, 7) is 2.91. The van der Waals surface area contributed by atoms with Gasteiger partial charge in [-0.25, -0.2) is 15.0 Å². The highest BCUT2D eigenvalue weighted by Gasteiger charge is 2.15. The molecular formula is C15H16N4O. The monoisotopic (exact) mass is 268 g/mol. The fourth-order valence-corrected chi connectivity index (χ4v) is 2.41. The molecule has 2 heterocycles. The summed E-state index contributed by atoms with van der Waals surface area (Å²) in [5.41, 5.74) is 2.77. The number of benzene rings is 1. The Morgan fingerprint density at radius 1 is 1.20 bits per heavy atom. The average molecular weight is 268 g/mol. The highest BCUT2D eigenvalue weighted by molar-refractivity contribution is 5.75. The third-order valence-electron chi connectivity index (χ3n) is 3.39. The summed E-state index contributed by atoms with van der Waals surface area (Å²) in [4.78, 5) is 12.5. The van der Waals surface area contributed by atoms with E-state index in [2.05, 4.69) is 26.4 Å². The van der Waals surface area contributed by atoms with Gasteiger partial charge in [0.25, 0.3) is 0 Å². The lowest BCUT2D eigenvalue weighted by Gasteiger charge is -2.11. The molecule has 3 aromatic rings. The second kappa shape index (κ2) is 5.38. The lowest BCUT2D eigenvalue weighted by atomic mass is 10.1. The zero-order chi connectivity index (χ0) is 13.9. The third-order valence-corrected chi connectivity index (χ3v) is 3.39. The molecule has 0 spiro atoms. The summed E-state index contributed by atoms with van der Waals surface area (Å²) in [6.07, 6.45) is 4.54. The second-order valence-corrected chi connectivity index (χ2v) is 4.65. The van der Waals surface area contributed by atoms with E-state index in [-0.39, 0.29) is 0 Å². The van der Waals surface area contributed by atoms with Gasteiger partial charge >= 0.3 is 0 Å². The molecule has 2 aromatic heterocycles. The molecule has 20 heavy (non-hydrogen) atoms. The molecule has 1 unspecified atom stereocenters. The molecule has 0 saturated heterocycles. The topological polar surface area (TPSA) is 63.8 Å². The molecule has 0 fully saturated rings. The van der Waals surface area contributed by atoms with Crippen molar-refractivity contribution in [3.8, 4) is 0 Å². The standard InChI is InChI=1S/C15H16N4O/c1-2-19-13-6-4-3-5-12(13)18-15(19)7-14(20)11-8-16-10-17-9-11/h3-6,8-10,14,20H,2,7H2,1H3. The Kier molecular flexibility index (Phi) is 3.43. The van der Waals surface area contributed by atoms with Crippen LogP contribution in [-0.4, -0.2) is 24.6 Å². The molecule has 0 aliphatic heterocycles. The molecule has 0 radical (unpaired) electrons. The van der Waals surface area contributed by atoms with E-state index in [4.69, 9.17) is 0 Å². The van der Waals surface area contributed by atoms with Crippen molar-refractivity contribution in [2.24, 2.45) is 0 Å². The zero-order valence-corrected chi connectivity index (χ0v) is 11.3. The summed E-state index contributed by atoms with van der Waals surface area (Å²) in [7, 11) is 0. The maximum Gasteiger partial charge on any atom is 0.115 e. The molecule has 0 amide bonds. The number of para-hydroxylation sites is 2. The number of aliphatic hydroxyl groups is 1. The van der Waals surface area contributed by atoms with Crippen LogP contribution in [-0.2, 0) is 13.0 Å². The highest BCUT2D eigenvalue weighted by Crippen LogP contribution is 2.21. The predicted molar refractivity (Wildman–Crippen MR) is 76.1 cm³/mol. The fraction of sp³-hybridized carbons (Fsp3) is 0.267. The van der Waals surface area contributed by atoms with Crippen LogP contribution in [0.25, 0.3) is 11.0 Å².